The highest BCUT2D eigenvalue weighted by Gasteiger charge is 2.21. The van der Waals surface area contributed by atoms with Gasteiger partial charge in [0.25, 0.3) is 0 Å². The number of ether oxygens (including phenoxy) is 1. The van der Waals surface area contributed by atoms with Gasteiger partial charge in [0, 0.05) is 17.6 Å². The summed E-state index contributed by atoms with van der Waals surface area (Å²) in [6.07, 6.45) is 3.46. The largest absolute Gasteiger partial charge is 0.446 e. The molecule has 6 heteroatoms. The highest BCUT2D eigenvalue weighted by Crippen LogP contribution is 2.13. The molecule has 100 valence electrons. The molecule has 18 heavy (non-hydrogen) atoms. The molecule has 1 aromatic rings. The summed E-state index contributed by atoms with van der Waals surface area (Å²) in [6, 6.07) is 0. The Bertz CT molecular complexity index is 363. The van der Waals surface area contributed by atoms with E-state index >= 15 is 0 Å². The summed E-state index contributed by atoms with van der Waals surface area (Å²) in [4.78, 5) is 18.9. The number of carbonyl (C=O) groups excluding carboxylic acids is 1. The van der Waals surface area contributed by atoms with Crippen molar-refractivity contribution in [1.29, 1.82) is 0 Å². The van der Waals surface area contributed by atoms with Crippen LogP contribution in [0.3, 0.4) is 0 Å². The van der Waals surface area contributed by atoms with Gasteiger partial charge in [-0.05, 0) is 32.9 Å². The van der Waals surface area contributed by atoms with Gasteiger partial charge in [-0.25, -0.2) is 4.79 Å². The third kappa shape index (κ3) is 3.68. The minimum atomic E-state index is -0.210. The van der Waals surface area contributed by atoms with Gasteiger partial charge in [-0.15, -0.1) is 11.3 Å². The van der Waals surface area contributed by atoms with E-state index in [1.165, 1.54) is 0 Å². The van der Waals surface area contributed by atoms with E-state index in [9.17, 15) is 4.79 Å². The standard InChI is InChI=1S/C12H19N3O2S/c1-2-15(8-11-7-14-9-18-11)12(16)17-10-3-5-13-6-4-10/h7,9-10,13H,2-6,8H2,1H3. The number of nitrogens with one attached hydrogen (secondary N) is 1. The maximum absolute atomic E-state index is 12.0. The average molecular weight is 269 g/mol. The molecule has 0 aromatic carbocycles. The van der Waals surface area contributed by atoms with Crippen molar-refractivity contribution in [3.63, 3.8) is 0 Å². The molecule has 5 nitrogen and oxygen atoms in total. The van der Waals surface area contributed by atoms with E-state index in [-0.39, 0.29) is 12.2 Å². The lowest BCUT2D eigenvalue weighted by Gasteiger charge is -2.26. The van der Waals surface area contributed by atoms with Crippen LogP contribution in [0.4, 0.5) is 4.79 Å². The van der Waals surface area contributed by atoms with Crippen molar-refractivity contribution in [3.05, 3.63) is 16.6 Å². The van der Waals surface area contributed by atoms with E-state index in [1.807, 2.05) is 6.92 Å². The van der Waals surface area contributed by atoms with Crippen LogP contribution in [0.15, 0.2) is 11.7 Å². The van der Waals surface area contributed by atoms with Gasteiger partial charge >= 0.3 is 6.09 Å². The number of aromatic nitrogens is 1. The van der Waals surface area contributed by atoms with Crippen LogP contribution in [0.25, 0.3) is 0 Å². The molecule has 0 saturated carbocycles. The fourth-order valence-corrected chi connectivity index (χ4v) is 2.55. The van der Waals surface area contributed by atoms with E-state index in [4.69, 9.17) is 4.74 Å². The number of rotatable bonds is 4. The molecule has 0 unspecified atom stereocenters. The third-order valence-corrected chi connectivity index (χ3v) is 3.79. The summed E-state index contributed by atoms with van der Waals surface area (Å²) in [5, 5.41) is 3.26. The second-order valence-electron chi connectivity index (χ2n) is 4.32. The minimum Gasteiger partial charge on any atom is -0.446 e. The Kier molecular flexibility index (Phi) is 4.95. The van der Waals surface area contributed by atoms with Crippen molar-refractivity contribution in [2.45, 2.75) is 32.4 Å². The molecule has 0 radical (unpaired) electrons. The van der Waals surface area contributed by atoms with Gasteiger partial charge in [-0.3, -0.25) is 4.98 Å². The van der Waals surface area contributed by atoms with E-state index < -0.39 is 0 Å². The molecule has 0 aliphatic carbocycles. The van der Waals surface area contributed by atoms with Gasteiger partial charge in [-0.1, -0.05) is 0 Å². The predicted octanol–water partition coefficient (Wildman–Crippen LogP) is 1.85. The number of carbonyl (C=O) groups is 1. The van der Waals surface area contributed by atoms with E-state index in [0.29, 0.717) is 13.1 Å². The van der Waals surface area contributed by atoms with Gasteiger partial charge in [-0.2, -0.15) is 0 Å². The SMILES string of the molecule is CCN(Cc1cncs1)C(=O)OC1CCNCC1. The fraction of sp³-hybridized carbons (Fsp3) is 0.667. The van der Waals surface area contributed by atoms with Crippen LogP contribution in [0, 0.1) is 0 Å². The summed E-state index contributed by atoms with van der Waals surface area (Å²) in [5.74, 6) is 0. The first-order valence-corrected chi connectivity index (χ1v) is 7.21. The Morgan fingerprint density at radius 2 is 2.39 bits per heavy atom. The van der Waals surface area contributed by atoms with Crippen LogP contribution in [0.2, 0.25) is 0 Å². The number of piperidine rings is 1. The molecule has 2 rings (SSSR count). The fourth-order valence-electron chi connectivity index (χ4n) is 1.94. The molecular formula is C12H19N3O2S. The molecule has 1 aliphatic heterocycles. The topological polar surface area (TPSA) is 54.5 Å². The summed E-state index contributed by atoms with van der Waals surface area (Å²) in [7, 11) is 0. The zero-order valence-electron chi connectivity index (χ0n) is 10.6. The van der Waals surface area contributed by atoms with Gasteiger partial charge in [0.2, 0.25) is 0 Å². The van der Waals surface area contributed by atoms with Crippen LogP contribution >= 0.6 is 11.3 Å². The average Bonchev–Trinajstić information content (AvgIpc) is 2.90. The number of nitrogens with zero attached hydrogens (tertiary/aromatic N) is 2. The summed E-state index contributed by atoms with van der Waals surface area (Å²) >= 11 is 1.56. The molecule has 2 heterocycles. The van der Waals surface area contributed by atoms with Crippen molar-refractivity contribution in [3.8, 4) is 0 Å². The van der Waals surface area contributed by atoms with E-state index in [1.54, 1.807) is 27.9 Å². The summed E-state index contributed by atoms with van der Waals surface area (Å²) in [6.45, 7) is 5.06. The smallest absolute Gasteiger partial charge is 0.410 e. The zero-order valence-corrected chi connectivity index (χ0v) is 11.4. The Hall–Kier alpha value is -1.14. The van der Waals surface area contributed by atoms with Crippen molar-refractivity contribution in [2.24, 2.45) is 0 Å². The van der Waals surface area contributed by atoms with Gasteiger partial charge < -0.3 is 15.0 Å². The van der Waals surface area contributed by atoms with E-state index in [2.05, 4.69) is 10.3 Å². The lowest BCUT2D eigenvalue weighted by Crippen LogP contribution is -2.38. The van der Waals surface area contributed by atoms with Crippen LogP contribution in [-0.4, -0.2) is 41.7 Å². The molecule has 0 atom stereocenters. The second kappa shape index (κ2) is 6.70. The number of hydrogen-bond donors (Lipinski definition) is 1. The Morgan fingerprint density at radius 1 is 1.61 bits per heavy atom. The van der Waals surface area contributed by atoms with Gasteiger partial charge in [0.1, 0.15) is 6.10 Å². The molecule has 1 amide bonds. The molecule has 1 aromatic heterocycles. The number of thiazole rings is 1. The highest BCUT2D eigenvalue weighted by molar-refractivity contribution is 7.09. The maximum Gasteiger partial charge on any atom is 0.410 e. The highest BCUT2D eigenvalue weighted by atomic mass is 32.1. The predicted molar refractivity (Wildman–Crippen MR) is 70.6 cm³/mol. The van der Waals surface area contributed by atoms with Gasteiger partial charge in [0.15, 0.2) is 0 Å². The Balaban J connectivity index is 1.84. The molecule has 0 bridgehead atoms. The van der Waals surface area contributed by atoms with E-state index in [0.717, 1.165) is 30.8 Å². The third-order valence-electron chi connectivity index (χ3n) is 3.02. The maximum atomic E-state index is 12.0. The van der Waals surface area contributed by atoms with Crippen molar-refractivity contribution < 1.29 is 9.53 Å². The monoisotopic (exact) mass is 269 g/mol. The second-order valence-corrected chi connectivity index (χ2v) is 5.29. The summed E-state index contributed by atoms with van der Waals surface area (Å²) in [5.41, 5.74) is 1.78. The summed E-state index contributed by atoms with van der Waals surface area (Å²) < 4.78 is 5.52. The zero-order chi connectivity index (χ0) is 12.8. The number of hydrogen-bond acceptors (Lipinski definition) is 5. The van der Waals surface area contributed by atoms with Crippen molar-refractivity contribution in [1.82, 2.24) is 15.2 Å². The van der Waals surface area contributed by atoms with Crippen molar-refractivity contribution in [2.75, 3.05) is 19.6 Å². The molecule has 0 spiro atoms. The van der Waals surface area contributed by atoms with Crippen LogP contribution in [0.1, 0.15) is 24.6 Å². The molecule has 1 aliphatic rings. The van der Waals surface area contributed by atoms with Crippen LogP contribution in [0.5, 0.6) is 0 Å². The van der Waals surface area contributed by atoms with Crippen molar-refractivity contribution >= 4 is 17.4 Å². The first kappa shape index (κ1) is 13.3. The minimum absolute atomic E-state index is 0.0641. The Morgan fingerprint density at radius 3 is 3.00 bits per heavy atom. The normalized spacial score (nSPS) is 16.5. The molecule has 1 saturated heterocycles. The first-order chi connectivity index (χ1) is 8.79. The first-order valence-electron chi connectivity index (χ1n) is 6.33. The molecule has 1 fully saturated rings. The lowest BCUT2D eigenvalue weighted by molar-refractivity contribution is 0.0486. The van der Waals surface area contributed by atoms with Gasteiger partial charge in [0.05, 0.1) is 12.1 Å². The van der Waals surface area contributed by atoms with Crippen LogP contribution < -0.4 is 5.32 Å². The molecule has 1 N–H and O–H groups in total. The Labute approximate surface area is 111 Å². The number of amides is 1. The lowest BCUT2D eigenvalue weighted by atomic mass is 10.1. The molecular weight excluding hydrogens is 250 g/mol. The quantitative estimate of drug-likeness (QED) is 0.906. The van der Waals surface area contributed by atoms with Crippen LogP contribution in [-0.2, 0) is 11.3 Å².